The predicted molar refractivity (Wildman–Crippen MR) is 103 cm³/mol. The topological polar surface area (TPSA) is 164 Å². The van der Waals surface area contributed by atoms with Crippen LogP contribution in [0.3, 0.4) is 0 Å². The average Bonchev–Trinajstić information content (AvgIpc) is 2.64. The van der Waals surface area contributed by atoms with Gasteiger partial charge < -0.3 is 15.6 Å². The van der Waals surface area contributed by atoms with Gasteiger partial charge in [-0.25, -0.2) is 4.79 Å². The molecule has 0 saturated carbocycles. The second-order valence-corrected chi connectivity index (χ2v) is 8.79. The molecule has 0 aliphatic carbocycles. The fraction of sp³-hybridized carbons (Fsp3) is 0.353. The second-order valence-electron chi connectivity index (χ2n) is 6.26. The summed E-state index contributed by atoms with van der Waals surface area (Å²) in [5.41, 5.74) is 6.86. The fourth-order valence-electron chi connectivity index (χ4n) is 2.59. The van der Waals surface area contributed by atoms with Gasteiger partial charge in [0.1, 0.15) is 23.7 Å². The molecule has 0 spiro atoms. The lowest BCUT2D eigenvalue weighted by Gasteiger charge is -2.47. The predicted octanol–water partition coefficient (Wildman–Crippen LogP) is 0.372. The van der Waals surface area contributed by atoms with E-state index in [0.29, 0.717) is 11.3 Å². The van der Waals surface area contributed by atoms with Crippen LogP contribution >= 0.6 is 11.8 Å². The van der Waals surface area contributed by atoms with Gasteiger partial charge in [-0.15, -0.1) is 11.8 Å². The van der Waals surface area contributed by atoms with Gasteiger partial charge >= 0.3 is 11.9 Å². The van der Waals surface area contributed by atoms with Crippen molar-refractivity contribution in [2.24, 2.45) is 5.73 Å². The van der Waals surface area contributed by atoms with Gasteiger partial charge in [0.15, 0.2) is 0 Å². The van der Waals surface area contributed by atoms with E-state index in [0.717, 1.165) is 5.56 Å². The van der Waals surface area contributed by atoms with Gasteiger partial charge in [0.05, 0.1) is 4.90 Å². The Labute approximate surface area is 171 Å². The molecule has 0 bridgehead atoms. The van der Waals surface area contributed by atoms with E-state index in [-0.39, 0.29) is 22.6 Å². The van der Waals surface area contributed by atoms with E-state index < -0.39 is 34.0 Å². The van der Waals surface area contributed by atoms with Crippen LogP contribution in [0.15, 0.2) is 40.4 Å². The van der Waals surface area contributed by atoms with Crippen molar-refractivity contribution in [1.82, 2.24) is 4.90 Å². The molecule has 12 heteroatoms. The third-order valence-electron chi connectivity index (χ3n) is 4.06. The zero-order valence-corrected chi connectivity index (χ0v) is 17.2. The molecule has 2 heterocycles. The molecule has 1 aromatic carbocycles. The van der Waals surface area contributed by atoms with Crippen LogP contribution in [0, 0.1) is 6.92 Å². The SMILES string of the molecule is CC(=O)OCC1=C(C(=O)O)N2C(=O)C(N)[C@H]2SC1.Cc1ccc(S(=O)(=O)O)cc1. The molecule has 1 fully saturated rings. The van der Waals surface area contributed by atoms with Crippen LogP contribution in [-0.2, 0) is 29.2 Å². The largest absolute Gasteiger partial charge is 0.477 e. The molecular formula is C17H20N2O8S2. The molecule has 1 aromatic rings. The Balaban J connectivity index is 0.000000234. The number of amides is 1. The minimum absolute atomic E-state index is 0.0666. The first kappa shape index (κ1) is 22.9. The summed E-state index contributed by atoms with van der Waals surface area (Å²) in [4.78, 5) is 34.6. The van der Waals surface area contributed by atoms with E-state index in [4.69, 9.17) is 20.1 Å². The molecule has 29 heavy (non-hydrogen) atoms. The van der Waals surface area contributed by atoms with E-state index in [2.05, 4.69) is 0 Å². The number of ether oxygens (including phenoxy) is 1. The van der Waals surface area contributed by atoms with Gasteiger partial charge in [0.25, 0.3) is 10.1 Å². The number of carboxylic acids is 1. The summed E-state index contributed by atoms with van der Waals surface area (Å²) in [6.45, 7) is 2.97. The standard InChI is InChI=1S/C10H12N2O5S.C7H8O3S/c1-4(13)17-2-5-3-18-9-6(11)8(14)12(9)7(5)10(15)16;1-6-2-4-7(5-3-6)11(8,9)10/h6,9H,2-3,11H2,1H3,(H,15,16);2-5H,1H3,(H,8,9,10)/t6?,9-;/m1./s1. The number of esters is 1. The van der Waals surface area contributed by atoms with Crippen molar-refractivity contribution in [2.75, 3.05) is 12.4 Å². The van der Waals surface area contributed by atoms with E-state index >= 15 is 0 Å². The maximum Gasteiger partial charge on any atom is 0.352 e. The number of aliphatic carboxylic acids is 1. The highest BCUT2D eigenvalue weighted by Gasteiger charge is 2.51. The number of aryl methyl sites for hydroxylation is 1. The maximum atomic E-state index is 11.6. The molecule has 2 atom stereocenters. The summed E-state index contributed by atoms with van der Waals surface area (Å²) < 4.78 is 34.3. The van der Waals surface area contributed by atoms with Crippen molar-refractivity contribution in [2.45, 2.75) is 30.2 Å². The summed E-state index contributed by atoms with van der Waals surface area (Å²) in [5.74, 6) is -1.73. The van der Waals surface area contributed by atoms with Crippen molar-refractivity contribution in [1.29, 1.82) is 0 Å². The number of rotatable bonds is 4. The fourth-order valence-corrected chi connectivity index (χ4v) is 4.34. The minimum Gasteiger partial charge on any atom is -0.477 e. The minimum atomic E-state index is -4.02. The normalized spacial score (nSPS) is 20.8. The molecule has 1 saturated heterocycles. The van der Waals surface area contributed by atoms with Gasteiger partial charge in [-0.1, -0.05) is 17.7 Å². The molecule has 1 unspecified atom stereocenters. The molecule has 158 valence electrons. The number of thioether (sulfide) groups is 1. The highest BCUT2D eigenvalue weighted by Crippen LogP contribution is 2.39. The summed E-state index contributed by atoms with van der Waals surface area (Å²) in [7, 11) is -4.02. The number of hydrogen-bond acceptors (Lipinski definition) is 8. The van der Waals surface area contributed by atoms with Crippen molar-refractivity contribution in [3.63, 3.8) is 0 Å². The maximum absolute atomic E-state index is 11.6. The van der Waals surface area contributed by atoms with Crippen LogP contribution in [0.5, 0.6) is 0 Å². The number of carboxylic acid groups (broad SMARTS) is 1. The molecule has 0 radical (unpaired) electrons. The first-order valence-corrected chi connectivity index (χ1v) is 10.8. The number of fused-ring (bicyclic) bond motifs is 1. The zero-order chi connectivity index (χ0) is 21.9. The molecule has 2 aliphatic rings. The number of β-lactam (4-membered cyclic amide) rings is 1. The molecule has 1 amide bonds. The molecular weight excluding hydrogens is 424 g/mol. The average molecular weight is 444 g/mol. The number of nitrogens with two attached hydrogens (primary N) is 1. The second kappa shape index (κ2) is 8.95. The molecule has 2 aliphatic heterocycles. The van der Waals surface area contributed by atoms with Crippen LogP contribution < -0.4 is 5.73 Å². The van der Waals surface area contributed by atoms with Crippen LogP contribution in [-0.4, -0.2) is 64.6 Å². The first-order chi connectivity index (χ1) is 13.4. The smallest absolute Gasteiger partial charge is 0.352 e. The van der Waals surface area contributed by atoms with Gasteiger partial charge in [0.2, 0.25) is 5.91 Å². The van der Waals surface area contributed by atoms with E-state index in [1.807, 2.05) is 6.92 Å². The summed E-state index contributed by atoms with van der Waals surface area (Å²) in [5, 5.41) is 8.83. The van der Waals surface area contributed by atoms with E-state index in [9.17, 15) is 22.8 Å². The van der Waals surface area contributed by atoms with Crippen molar-refractivity contribution < 1.29 is 37.2 Å². The number of nitrogens with zero attached hydrogens (tertiary/aromatic N) is 1. The molecule has 0 aromatic heterocycles. The lowest BCUT2D eigenvalue weighted by molar-refractivity contribution is -0.148. The Hall–Kier alpha value is -2.41. The van der Waals surface area contributed by atoms with Crippen LogP contribution in [0.1, 0.15) is 12.5 Å². The lowest BCUT2D eigenvalue weighted by Crippen LogP contribution is -2.68. The van der Waals surface area contributed by atoms with Gasteiger partial charge in [-0.2, -0.15) is 8.42 Å². The highest BCUT2D eigenvalue weighted by atomic mass is 32.2. The quantitative estimate of drug-likeness (QED) is 0.336. The molecule has 10 nitrogen and oxygen atoms in total. The Bertz CT molecular complexity index is 956. The number of carbonyl (C=O) groups is 3. The lowest BCUT2D eigenvalue weighted by atomic mass is 10.0. The highest BCUT2D eigenvalue weighted by molar-refractivity contribution is 8.00. The van der Waals surface area contributed by atoms with E-state index in [1.165, 1.54) is 35.7 Å². The third-order valence-corrected chi connectivity index (χ3v) is 6.29. The van der Waals surface area contributed by atoms with Gasteiger partial charge in [-0.3, -0.25) is 19.0 Å². The van der Waals surface area contributed by atoms with E-state index in [1.54, 1.807) is 12.1 Å². The summed E-state index contributed by atoms with van der Waals surface area (Å²) in [6, 6.07) is 5.33. The monoisotopic (exact) mass is 444 g/mol. The van der Waals surface area contributed by atoms with Crippen LogP contribution in [0.25, 0.3) is 0 Å². The molecule has 4 N–H and O–H groups in total. The van der Waals surface area contributed by atoms with Gasteiger partial charge in [-0.05, 0) is 19.1 Å². The van der Waals surface area contributed by atoms with Gasteiger partial charge in [0, 0.05) is 18.2 Å². The third kappa shape index (κ3) is 5.35. The zero-order valence-electron chi connectivity index (χ0n) is 15.6. The van der Waals surface area contributed by atoms with Crippen molar-refractivity contribution in [3.05, 3.63) is 41.1 Å². The Morgan fingerprint density at radius 3 is 2.38 bits per heavy atom. The number of carbonyl (C=O) groups excluding carboxylic acids is 2. The van der Waals surface area contributed by atoms with Crippen molar-refractivity contribution in [3.8, 4) is 0 Å². The number of benzene rings is 1. The number of hydrogen-bond donors (Lipinski definition) is 3. The summed E-state index contributed by atoms with van der Waals surface area (Å²) in [6.07, 6.45) is 0. The Morgan fingerprint density at radius 1 is 1.31 bits per heavy atom. The molecule has 3 rings (SSSR count). The first-order valence-electron chi connectivity index (χ1n) is 8.26. The van der Waals surface area contributed by atoms with Crippen LogP contribution in [0.2, 0.25) is 0 Å². The Morgan fingerprint density at radius 2 is 1.90 bits per heavy atom. The Kier molecular flexibility index (Phi) is 7.06. The van der Waals surface area contributed by atoms with Crippen molar-refractivity contribution >= 4 is 39.7 Å². The summed E-state index contributed by atoms with van der Waals surface area (Å²) >= 11 is 1.37. The van der Waals surface area contributed by atoms with Crippen LogP contribution in [0.4, 0.5) is 0 Å².